The third-order valence-corrected chi connectivity index (χ3v) is 6.57. The van der Waals surface area contributed by atoms with Crippen LogP contribution in [-0.4, -0.2) is 46.1 Å². The predicted octanol–water partition coefficient (Wildman–Crippen LogP) is 4.89. The lowest BCUT2D eigenvalue weighted by molar-refractivity contribution is 0.282. The Morgan fingerprint density at radius 2 is 2.00 bits per heavy atom. The van der Waals surface area contributed by atoms with Gasteiger partial charge in [-0.15, -0.1) is 0 Å². The average Bonchev–Trinajstić information content (AvgIpc) is 3.35. The van der Waals surface area contributed by atoms with E-state index < -0.39 is 0 Å². The highest BCUT2D eigenvalue weighted by atomic mass is 15.2. The maximum absolute atomic E-state index is 4.90. The molecule has 1 fully saturated rings. The molecule has 4 rings (SSSR count). The highest BCUT2D eigenvalue weighted by Crippen LogP contribution is 2.37. The molecule has 166 valence electrons. The van der Waals surface area contributed by atoms with Crippen LogP contribution < -0.4 is 10.6 Å². The molecule has 0 radical (unpaired) electrons. The Balaban J connectivity index is 1.48. The van der Waals surface area contributed by atoms with E-state index in [1.165, 1.54) is 30.4 Å². The molecule has 2 atom stereocenters. The second-order valence-corrected chi connectivity index (χ2v) is 9.02. The number of hydrogen-bond donors (Lipinski definition) is 2. The van der Waals surface area contributed by atoms with E-state index in [-0.39, 0.29) is 0 Å². The van der Waals surface area contributed by atoms with E-state index in [0.717, 1.165) is 48.8 Å². The minimum Gasteiger partial charge on any atom is -0.329 e. The molecular weight excluding hydrogens is 384 g/mol. The van der Waals surface area contributed by atoms with Crippen LogP contribution in [0.1, 0.15) is 50.3 Å². The number of aromatic nitrogens is 3. The Kier molecular flexibility index (Phi) is 6.88. The summed E-state index contributed by atoms with van der Waals surface area (Å²) >= 11 is 0. The zero-order valence-electron chi connectivity index (χ0n) is 19.4. The summed E-state index contributed by atoms with van der Waals surface area (Å²) < 4.78 is 2.38. The third kappa shape index (κ3) is 5.08. The Bertz CT molecular complexity index is 993. The molecule has 0 bridgehead atoms. The third-order valence-electron chi connectivity index (χ3n) is 6.57. The van der Waals surface area contributed by atoms with Gasteiger partial charge in [0.1, 0.15) is 5.65 Å². The van der Waals surface area contributed by atoms with Crippen LogP contribution >= 0.6 is 0 Å². The molecule has 1 saturated carbocycles. The molecule has 31 heavy (non-hydrogen) atoms. The highest BCUT2D eigenvalue weighted by molar-refractivity contribution is 5.81. The number of nitrogens with one attached hydrogen (secondary N) is 2. The summed E-state index contributed by atoms with van der Waals surface area (Å²) in [7, 11) is 2.00. The van der Waals surface area contributed by atoms with Gasteiger partial charge in [0.2, 0.25) is 5.95 Å². The van der Waals surface area contributed by atoms with Crippen LogP contribution in [0.5, 0.6) is 0 Å². The molecule has 2 unspecified atom stereocenters. The quantitative estimate of drug-likeness (QED) is 0.516. The lowest BCUT2D eigenvalue weighted by Gasteiger charge is -2.20. The minimum absolute atomic E-state index is 0.553. The van der Waals surface area contributed by atoms with Gasteiger partial charge in [0.15, 0.2) is 0 Å². The molecule has 1 aliphatic rings. The van der Waals surface area contributed by atoms with Crippen molar-refractivity contribution in [3.05, 3.63) is 47.8 Å². The van der Waals surface area contributed by atoms with Crippen molar-refractivity contribution in [2.75, 3.05) is 32.0 Å². The van der Waals surface area contributed by atoms with E-state index in [4.69, 9.17) is 4.98 Å². The second-order valence-electron chi connectivity index (χ2n) is 9.02. The molecule has 3 aromatic rings. The van der Waals surface area contributed by atoms with E-state index in [2.05, 4.69) is 76.3 Å². The Labute approximate surface area is 186 Å². The number of rotatable bonds is 9. The van der Waals surface area contributed by atoms with Crippen LogP contribution in [0.15, 0.2) is 36.7 Å². The van der Waals surface area contributed by atoms with Gasteiger partial charge in [-0.1, -0.05) is 26.0 Å². The smallest absolute Gasteiger partial charge is 0.229 e. The number of likely N-dealkylation sites (N-methyl/N-ethyl adjacent to an activating group) is 2. The summed E-state index contributed by atoms with van der Waals surface area (Å²) in [5.74, 6) is 1.46. The van der Waals surface area contributed by atoms with E-state index in [9.17, 15) is 0 Å². The molecular formula is C25H36N6. The summed E-state index contributed by atoms with van der Waals surface area (Å²) in [4.78, 5) is 11.9. The molecule has 1 aliphatic carbocycles. The van der Waals surface area contributed by atoms with Gasteiger partial charge in [-0.25, -0.2) is 4.98 Å². The van der Waals surface area contributed by atoms with Crippen molar-refractivity contribution in [2.45, 2.75) is 52.6 Å². The predicted molar refractivity (Wildman–Crippen MR) is 129 cm³/mol. The van der Waals surface area contributed by atoms with E-state index in [1.54, 1.807) is 0 Å². The number of fused-ring (bicyclic) bond motifs is 1. The lowest BCUT2D eigenvalue weighted by Crippen LogP contribution is -2.30. The molecule has 2 N–H and O–H groups in total. The summed E-state index contributed by atoms with van der Waals surface area (Å²) in [5, 5.41) is 7.78. The van der Waals surface area contributed by atoms with Crippen LogP contribution in [0.3, 0.4) is 0 Å². The van der Waals surface area contributed by atoms with Crippen molar-refractivity contribution in [1.82, 2.24) is 24.8 Å². The first kappa shape index (κ1) is 21.8. The van der Waals surface area contributed by atoms with Crippen molar-refractivity contribution < 1.29 is 0 Å². The Morgan fingerprint density at radius 1 is 1.19 bits per heavy atom. The Hall–Kier alpha value is -2.44. The first-order chi connectivity index (χ1) is 15.1. The molecule has 0 aliphatic heterocycles. The van der Waals surface area contributed by atoms with Crippen LogP contribution in [0.4, 0.5) is 11.6 Å². The van der Waals surface area contributed by atoms with E-state index in [0.29, 0.717) is 12.0 Å². The fraction of sp³-hybridized carbons (Fsp3) is 0.520. The van der Waals surface area contributed by atoms with Gasteiger partial charge < -0.3 is 15.2 Å². The van der Waals surface area contributed by atoms with Crippen LogP contribution in [0.2, 0.25) is 0 Å². The van der Waals surface area contributed by atoms with Gasteiger partial charge >= 0.3 is 0 Å². The van der Waals surface area contributed by atoms with Crippen LogP contribution in [0.25, 0.3) is 11.0 Å². The SMILES string of the molecule is CCN(CCNC)Cc1ccc(Nc2ncc3c(C)cn(C4CCC(C)C4)c3n2)cc1. The zero-order valence-corrected chi connectivity index (χ0v) is 19.4. The van der Waals surface area contributed by atoms with Crippen molar-refractivity contribution in [3.8, 4) is 0 Å². The van der Waals surface area contributed by atoms with Gasteiger partial charge in [-0.3, -0.25) is 4.90 Å². The summed E-state index contributed by atoms with van der Waals surface area (Å²) in [6, 6.07) is 9.18. The molecule has 6 nitrogen and oxygen atoms in total. The van der Waals surface area contributed by atoms with Crippen LogP contribution in [0, 0.1) is 12.8 Å². The zero-order chi connectivity index (χ0) is 21.8. The first-order valence-corrected chi connectivity index (χ1v) is 11.6. The molecule has 1 aromatic carbocycles. The van der Waals surface area contributed by atoms with Crippen molar-refractivity contribution in [3.63, 3.8) is 0 Å². The maximum atomic E-state index is 4.90. The lowest BCUT2D eigenvalue weighted by atomic mass is 10.1. The average molecular weight is 421 g/mol. The van der Waals surface area contributed by atoms with Gasteiger partial charge in [0.05, 0.1) is 0 Å². The van der Waals surface area contributed by atoms with E-state index >= 15 is 0 Å². The number of aryl methyl sites for hydroxylation is 1. The van der Waals surface area contributed by atoms with Crippen LogP contribution in [-0.2, 0) is 6.54 Å². The number of benzene rings is 1. The number of nitrogens with zero attached hydrogens (tertiary/aromatic N) is 4. The summed E-state index contributed by atoms with van der Waals surface area (Å²) in [5.41, 5.74) is 4.64. The van der Waals surface area contributed by atoms with Crippen molar-refractivity contribution in [1.29, 1.82) is 0 Å². The van der Waals surface area contributed by atoms with Gasteiger partial charge in [-0.05, 0) is 69.0 Å². The fourth-order valence-electron chi connectivity index (χ4n) is 4.66. The number of anilines is 2. The molecule has 2 aromatic heterocycles. The standard InChI is InChI=1S/C25H36N6/c1-5-30(13-12-26-4)17-20-7-9-21(10-8-20)28-25-27-15-23-19(3)16-31(24(23)29-25)22-11-6-18(2)14-22/h7-10,15-16,18,22,26H,5-6,11-14,17H2,1-4H3,(H,27,28,29). The molecule has 0 spiro atoms. The summed E-state index contributed by atoms with van der Waals surface area (Å²) in [6.45, 7) is 10.8. The minimum atomic E-state index is 0.553. The topological polar surface area (TPSA) is 58.0 Å². The second kappa shape index (κ2) is 9.79. The molecule has 2 heterocycles. The molecule has 0 saturated heterocycles. The van der Waals surface area contributed by atoms with Crippen molar-refractivity contribution in [2.24, 2.45) is 5.92 Å². The van der Waals surface area contributed by atoms with Gasteiger partial charge in [-0.2, -0.15) is 4.98 Å². The molecule has 6 heteroatoms. The van der Waals surface area contributed by atoms with Crippen molar-refractivity contribution >= 4 is 22.7 Å². The van der Waals surface area contributed by atoms with E-state index in [1.807, 2.05) is 13.2 Å². The van der Waals surface area contributed by atoms with Gasteiger partial charge in [0.25, 0.3) is 0 Å². The maximum Gasteiger partial charge on any atom is 0.229 e. The fourth-order valence-corrected chi connectivity index (χ4v) is 4.66. The van der Waals surface area contributed by atoms with Gasteiger partial charge in [0, 0.05) is 49.1 Å². The monoisotopic (exact) mass is 420 g/mol. The number of hydrogen-bond acceptors (Lipinski definition) is 5. The Morgan fingerprint density at radius 3 is 2.68 bits per heavy atom. The molecule has 0 amide bonds. The highest BCUT2D eigenvalue weighted by Gasteiger charge is 2.25. The first-order valence-electron chi connectivity index (χ1n) is 11.6. The largest absolute Gasteiger partial charge is 0.329 e. The normalized spacial score (nSPS) is 18.9. The summed E-state index contributed by atoms with van der Waals surface area (Å²) in [6.07, 6.45) is 8.00.